The van der Waals surface area contributed by atoms with E-state index in [2.05, 4.69) is 10.2 Å². The van der Waals surface area contributed by atoms with Gasteiger partial charge in [-0.1, -0.05) is 34.8 Å². The van der Waals surface area contributed by atoms with Gasteiger partial charge in [0.25, 0.3) is 0 Å². The summed E-state index contributed by atoms with van der Waals surface area (Å²) in [7, 11) is 0. The molecule has 0 saturated carbocycles. The molecule has 0 radical (unpaired) electrons. The maximum atomic E-state index is 6.10. The Balaban J connectivity index is 2.60. The zero-order valence-corrected chi connectivity index (χ0v) is 12.1. The van der Waals surface area contributed by atoms with Crippen molar-refractivity contribution in [2.75, 3.05) is 6.26 Å². The van der Waals surface area contributed by atoms with Crippen molar-refractivity contribution in [2.24, 2.45) is 0 Å². The molecule has 0 saturated heterocycles. The normalized spacial score (nSPS) is 10.9. The van der Waals surface area contributed by atoms with Gasteiger partial charge in [0.15, 0.2) is 0 Å². The van der Waals surface area contributed by atoms with Gasteiger partial charge in [0.05, 0.1) is 15.7 Å². The quantitative estimate of drug-likeness (QED) is 0.777. The van der Waals surface area contributed by atoms with E-state index < -0.39 is 0 Å². The Bertz CT molecular complexity index is 545. The number of hydrogen-bond acceptors (Lipinski definition) is 3. The molecule has 0 amide bonds. The number of hydrogen-bond donors (Lipinski definition) is 0. The number of aromatic nitrogens is 3. The molecule has 0 aliphatic rings. The summed E-state index contributed by atoms with van der Waals surface area (Å²) in [6.45, 7) is 1.88. The number of rotatable bonds is 2. The highest BCUT2D eigenvalue weighted by Gasteiger charge is 2.14. The third-order valence-electron chi connectivity index (χ3n) is 2.11. The first-order chi connectivity index (χ1) is 8.02. The van der Waals surface area contributed by atoms with Crippen LogP contribution < -0.4 is 0 Å². The monoisotopic (exact) mass is 307 g/mol. The van der Waals surface area contributed by atoms with Crippen LogP contribution in [0.2, 0.25) is 15.1 Å². The molecule has 2 aromatic rings. The molecular formula is C10H8Cl3N3S. The molecule has 0 aliphatic heterocycles. The second kappa shape index (κ2) is 5.06. The largest absolute Gasteiger partial charge is 0.152 e. The molecule has 0 bridgehead atoms. The van der Waals surface area contributed by atoms with Crippen molar-refractivity contribution >= 4 is 46.6 Å². The Morgan fingerprint density at radius 2 is 1.71 bits per heavy atom. The van der Waals surface area contributed by atoms with Crippen LogP contribution in [0.1, 0.15) is 5.69 Å². The highest BCUT2D eigenvalue weighted by Crippen LogP contribution is 2.32. The van der Waals surface area contributed by atoms with Gasteiger partial charge in [0, 0.05) is 5.02 Å². The molecular weight excluding hydrogens is 301 g/mol. The molecule has 7 heteroatoms. The van der Waals surface area contributed by atoms with Crippen LogP contribution in [0.3, 0.4) is 0 Å². The van der Waals surface area contributed by atoms with E-state index in [9.17, 15) is 0 Å². The minimum atomic E-state index is 0.421. The number of halogens is 3. The smallest absolute Gasteiger partial charge is 0.142 e. The summed E-state index contributed by atoms with van der Waals surface area (Å²) in [5.41, 5.74) is 1.38. The van der Waals surface area contributed by atoms with Gasteiger partial charge in [-0.05, 0) is 25.3 Å². The molecule has 17 heavy (non-hydrogen) atoms. The fourth-order valence-corrected chi connectivity index (χ4v) is 2.84. The fraction of sp³-hybridized carbons (Fsp3) is 0.200. The molecule has 0 N–H and O–H groups in total. The molecule has 1 heterocycles. The van der Waals surface area contributed by atoms with E-state index in [4.69, 9.17) is 34.8 Å². The van der Waals surface area contributed by atoms with Crippen LogP contribution in [0.5, 0.6) is 0 Å². The van der Waals surface area contributed by atoms with E-state index in [1.807, 2.05) is 13.2 Å². The van der Waals surface area contributed by atoms with E-state index >= 15 is 0 Å². The summed E-state index contributed by atoms with van der Waals surface area (Å²) in [6, 6.07) is 3.23. The predicted molar refractivity (Wildman–Crippen MR) is 72.9 cm³/mol. The third-order valence-corrected chi connectivity index (χ3v) is 3.67. The zero-order chi connectivity index (χ0) is 12.6. The van der Waals surface area contributed by atoms with Crippen LogP contribution in [0.25, 0.3) is 5.69 Å². The first-order valence-electron chi connectivity index (χ1n) is 4.65. The van der Waals surface area contributed by atoms with Crippen LogP contribution in [0.4, 0.5) is 0 Å². The van der Waals surface area contributed by atoms with Crippen LogP contribution in [0, 0.1) is 6.92 Å². The highest BCUT2D eigenvalue weighted by molar-refractivity contribution is 7.98. The van der Waals surface area contributed by atoms with Crippen molar-refractivity contribution in [2.45, 2.75) is 11.9 Å². The molecule has 1 aromatic heterocycles. The molecule has 0 spiro atoms. The first kappa shape index (κ1) is 13.0. The summed E-state index contributed by atoms with van der Waals surface area (Å²) in [6.07, 6.45) is 1.94. The van der Waals surface area contributed by atoms with E-state index in [1.165, 1.54) is 16.6 Å². The van der Waals surface area contributed by atoms with Crippen LogP contribution >= 0.6 is 46.6 Å². The molecule has 0 atom stereocenters. The maximum absolute atomic E-state index is 6.10. The predicted octanol–water partition coefficient (Wildman–Crippen LogP) is 4.26. The van der Waals surface area contributed by atoms with Crippen LogP contribution in [-0.4, -0.2) is 21.2 Å². The Hall–Kier alpha value is -0.420. The Morgan fingerprint density at radius 1 is 1.12 bits per heavy atom. The standard InChI is InChI=1S/C10H8Cl3N3S/c1-5-10(17-2)15-16(14-5)9-7(12)3-6(11)4-8(9)13/h3-4H,1-2H3. The summed E-state index contributed by atoms with van der Waals surface area (Å²) >= 11 is 19.6. The van der Waals surface area contributed by atoms with E-state index in [0.717, 1.165) is 10.7 Å². The van der Waals surface area contributed by atoms with Crippen molar-refractivity contribution < 1.29 is 0 Å². The number of nitrogens with zero attached hydrogens (tertiary/aromatic N) is 3. The lowest BCUT2D eigenvalue weighted by molar-refractivity contribution is 0.732. The van der Waals surface area contributed by atoms with Crippen LogP contribution in [0.15, 0.2) is 17.2 Å². The summed E-state index contributed by atoms with van der Waals surface area (Å²) in [4.78, 5) is 1.43. The van der Waals surface area contributed by atoms with Gasteiger partial charge in [0.1, 0.15) is 10.7 Å². The Labute approximate surface area is 118 Å². The lowest BCUT2D eigenvalue weighted by atomic mass is 10.3. The Morgan fingerprint density at radius 3 is 2.18 bits per heavy atom. The van der Waals surface area contributed by atoms with Crippen molar-refractivity contribution in [3.05, 3.63) is 32.9 Å². The second-order valence-corrected chi connectivity index (χ2v) is 5.35. The number of aryl methyl sites for hydroxylation is 1. The van der Waals surface area contributed by atoms with Crippen LogP contribution in [-0.2, 0) is 0 Å². The van der Waals surface area contributed by atoms with Gasteiger partial charge in [-0.15, -0.1) is 21.7 Å². The number of thioether (sulfide) groups is 1. The van der Waals surface area contributed by atoms with Gasteiger partial charge in [0.2, 0.25) is 0 Å². The molecule has 90 valence electrons. The van der Waals surface area contributed by atoms with Crippen molar-refractivity contribution in [1.29, 1.82) is 0 Å². The second-order valence-electron chi connectivity index (χ2n) is 3.30. The molecule has 3 nitrogen and oxygen atoms in total. The summed E-state index contributed by atoms with van der Waals surface area (Å²) < 4.78 is 0. The van der Waals surface area contributed by atoms with Crippen molar-refractivity contribution in [3.8, 4) is 5.69 Å². The van der Waals surface area contributed by atoms with E-state index in [0.29, 0.717) is 20.8 Å². The topological polar surface area (TPSA) is 30.7 Å². The van der Waals surface area contributed by atoms with E-state index in [-0.39, 0.29) is 0 Å². The van der Waals surface area contributed by atoms with Gasteiger partial charge in [-0.2, -0.15) is 5.10 Å². The molecule has 2 rings (SSSR count). The van der Waals surface area contributed by atoms with Gasteiger partial charge in [-0.25, -0.2) is 0 Å². The SMILES string of the molecule is CSc1nn(-c2c(Cl)cc(Cl)cc2Cl)nc1C. The average molecular weight is 309 g/mol. The van der Waals surface area contributed by atoms with Gasteiger partial charge < -0.3 is 0 Å². The van der Waals surface area contributed by atoms with E-state index in [1.54, 1.807) is 12.1 Å². The number of benzene rings is 1. The lowest BCUT2D eigenvalue weighted by Crippen LogP contribution is -2.01. The zero-order valence-electron chi connectivity index (χ0n) is 9.04. The molecule has 0 unspecified atom stereocenters. The minimum Gasteiger partial charge on any atom is -0.152 e. The average Bonchev–Trinajstić information content (AvgIpc) is 2.57. The third kappa shape index (κ3) is 2.55. The van der Waals surface area contributed by atoms with Crippen molar-refractivity contribution in [1.82, 2.24) is 15.0 Å². The highest BCUT2D eigenvalue weighted by atomic mass is 35.5. The van der Waals surface area contributed by atoms with Gasteiger partial charge in [-0.3, -0.25) is 0 Å². The van der Waals surface area contributed by atoms with Gasteiger partial charge >= 0.3 is 0 Å². The molecule has 0 fully saturated rings. The summed E-state index contributed by atoms with van der Waals surface area (Å²) in [5.74, 6) is 0. The minimum absolute atomic E-state index is 0.421. The summed E-state index contributed by atoms with van der Waals surface area (Å²) in [5, 5.41) is 10.7. The van der Waals surface area contributed by atoms with Crippen molar-refractivity contribution in [3.63, 3.8) is 0 Å². The lowest BCUT2D eigenvalue weighted by Gasteiger charge is -2.05. The molecule has 1 aromatic carbocycles. The first-order valence-corrected chi connectivity index (χ1v) is 7.01. The molecule has 0 aliphatic carbocycles. The fourth-order valence-electron chi connectivity index (χ4n) is 1.38. The maximum Gasteiger partial charge on any atom is 0.142 e. The Kier molecular flexibility index (Phi) is 3.88.